The van der Waals surface area contributed by atoms with Crippen LogP contribution in [-0.2, 0) is 14.8 Å². The van der Waals surface area contributed by atoms with Crippen molar-refractivity contribution in [2.24, 2.45) is 5.73 Å². The molecule has 0 bridgehead atoms. The van der Waals surface area contributed by atoms with Gasteiger partial charge in [0, 0.05) is 24.7 Å². The molecule has 1 aromatic rings. The fraction of sp³-hybridized carbons (Fsp3) is 0.364. The van der Waals surface area contributed by atoms with Crippen molar-refractivity contribution in [3.05, 3.63) is 28.3 Å². The molecule has 1 amide bonds. The molecule has 0 unspecified atom stereocenters. The zero-order valence-corrected chi connectivity index (χ0v) is 11.9. The van der Waals surface area contributed by atoms with Crippen molar-refractivity contribution in [3.8, 4) is 0 Å². The van der Waals surface area contributed by atoms with Crippen LogP contribution in [0.2, 0.25) is 0 Å². The Morgan fingerprint density at radius 3 is 2.57 bits per heavy atom. The van der Waals surface area contributed by atoms with Crippen LogP contribution in [0.1, 0.15) is 19.3 Å². The van der Waals surface area contributed by atoms with Gasteiger partial charge in [-0.15, -0.1) is 0 Å². The standard InChI is InChI=1S/C11H16N4O5S/c12-8-4-5-10(9(7-8)15(17)18)21(19,20)14-6-2-1-3-11(13)16/h4-5,7,14H,1-3,6,12H2,(H2,13,16). The van der Waals surface area contributed by atoms with Crippen LogP contribution in [0.5, 0.6) is 0 Å². The third kappa shape index (κ3) is 5.00. The van der Waals surface area contributed by atoms with Crippen molar-refractivity contribution >= 4 is 27.3 Å². The summed E-state index contributed by atoms with van der Waals surface area (Å²) in [4.78, 5) is 20.2. The lowest BCUT2D eigenvalue weighted by Gasteiger charge is -2.07. The summed E-state index contributed by atoms with van der Waals surface area (Å²) in [5.74, 6) is -0.466. The van der Waals surface area contributed by atoms with Gasteiger partial charge >= 0.3 is 0 Å². The Kier molecular flexibility index (Phi) is 5.61. The van der Waals surface area contributed by atoms with E-state index in [4.69, 9.17) is 11.5 Å². The van der Waals surface area contributed by atoms with Gasteiger partial charge in [-0.2, -0.15) is 0 Å². The van der Waals surface area contributed by atoms with Crippen molar-refractivity contribution in [2.75, 3.05) is 12.3 Å². The van der Waals surface area contributed by atoms with E-state index in [1.165, 1.54) is 6.07 Å². The number of unbranched alkanes of at least 4 members (excludes halogenated alkanes) is 1. The number of sulfonamides is 1. The van der Waals surface area contributed by atoms with E-state index in [1.807, 2.05) is 0 Å². The number of amides is 1. The lowest BCUT2D eigenvalue weighted by molar-refractivity contribution is -0.387. The third-order valence-electron chi connectivity index (χ3n) is 2.61. The van der Waals surface area contributed by atoms with E-state index in [-0.39, 0.29) is 18.7 Å². The number of nitrogens with two attached hydrogens (primary N) is 2. The summed E-state index contributed by atoms with van der Waals surface area (Å²) in [6, 6.07) is 3.34. The number of rotatable bonds is 8. The molecule has 0 aliphatic rings. The minimum Gasteiger partial charge on any atom is -0.399 e. The summed E-state index contributed by atoms with van der Waals surface area (Å²) in [7, 11) is -4.02. The summed E-state index contributed by atoms with van der Waals surface area (Å²) >= 11 is 0. The maximum absolute atomic E-state index is 12.0. The Bertz CT molecular complexity index is 644. The summed E-state index contributed by atoms with van der Waals surface area (Å²) in [6.45, 7) is 0.0527. The van der Waals surface area contributed by atoms with Gasteiger partial charge in [0.2, 0.25) is 15.9 Å². The molecule has 0 saturated heterocycles. The highest BCUT2D eigenvalue weighted by Crippen LogP contribution is 2.25. The molecule has 10 heteroatoms. The summed E-state index contributed by atoms with van der Waals surface area (Å²) in [5, 5.41) is 10.9. The van der Waals surface area contributed by atoms with E-state index < -0.39 is 31.4 Å². The molecule has 21 heavy (non-hydrogen) atoms. The molecule has 0 saturated carbocycles. The number of hydrogen-bond acceptors (Lipinski definition) is 6. The highest BCUT2D eigenvalue weighted by Gasteiger charge is 2.25. The first kappa shape index (κ1) is 16.9. The number of benzene rings is 1. The van der Waals surface area contributed by atoms with Crippen LogP contribution in [0.4, 0.5) is 11.4 Å². The van der Waals surface area contributed by atoms with E-state index in [1.54, 1.807) is 0 Å². The van der Waals surface area contributed by atoms with Crippen LogP contribution in [0.25, 0.3) is 0 Å². The SMILES string of the molecule is NC(=O)CCCCNS(=O)(=O)c1ccc(N)cc1[N+](=O)[O-]. The second-order valence-electron chi connectivity index (χ2n) is 4.31. The topological polar surface area (TPSA) is 158 Å². The second kappa shape index (κ2) is 6.99. The molecule has 9 nitrogen and oxygen atoms in total. The number of nitrogen functional groups attached to an aromatic ring is 1. The zero-order chi connectivity index (χ0) is 16.0. The van der Waals surface area contributed by atoms with Crippen molar-refractivity contribution in [1.82, 2.24) is 4.72 Å². The van der Waals surface area contributed by atoms with Crippen molar-refractivity contribution < 1.29 is 18.1 Å². The number of nitrogens with one attached hydrogen (secondary N) is 1. The molecule has 5 N–H and O–H groups in total. The monoisotopic (exact) mass is 316 g/mol. The smallest absolute Gasteiger partial charge is 0.291 e. The molecule has 0 heterocycles. The molecule has 0 aliphatic carbocycles. The first-order valence-corrected chi connectivity index (χ1v) is 7.54. The van der Waals surface area contributed by atoms with Crippen LogP contribution in [0, 0.1) is 10.1 Å². The first-order chi connectivity index (χ1) is 9.74. The molecular weight excluding hydrogens is 300 g/mol. The molecule has 1 aromatic carbocycles. The van der Waals surface area contributed by atoms with Gasteiger partial charge < -0.3 is 11.5 Å². The molecule has 0 atom stereocenters. The Balaban J connectivity index is 2.79. The number of nitro groups is 1. The fourth-order valence-corrected chi connectivity index (χ4v) is 2.84. The molecule has 1 rings (SSSR count). The number of nitrogens with zero attached hydrogens (tertiary/aromatic N) is 1. The van der Waals surface area contributed by atoms with Gasteiger partial charge in [-0.25, -0.2) is 13.1 Å². The van der Waals surface area contributed by atoms with E-state index in [0.717, 1.165) is 12.1 Å². The number of carbonyl (C=O) groups excluding carboxylic acids is 1. The minimum atomic E-state index is -4.02. The zero-order valence-electron chi connectivity index (χ0n) is 11.1. The minimum absolute atomic E-state index is 0.0527. The fourth-order valence-electron chi connectivity index (χ4n) is 1.61. The summed E-state index contributed by atoms with van der Waals surface area (Å²) in [5.41, 5.74) is 9.88. The number of hydrogen-bond donors (Lipinski definition) is 3. The van der Waals surface area contributed by atoms with Gasteiger partial charge in [0.05, 0.1) is 4.92 Å². The van der Waals surface area contributed by atoms with E-state index in [2.05, 4.69) is 4.72 Å². The summed E-state index contributed by atoms with van der Waals surface area (Å²) < 4.78 is 26.3. The Morgan fingerprint density at radius 2 is 2.00 bits per heavy atom. The van der Waals surface area contributed by atoms with Crippen LogP contribution in [-0.4, -0.2) is 25.8 Å². The molecule has 0 spiro atoms. The van der Waals surface area contributed by atoms with Crippen molar-refractivity contribution in [3.63, 3.8) is 0 Å². The van der Waals surface area contributed by atoms with Gasteiger partial charge in [-0.05, 0) is 25.0 Å². The molecule has 116 valence electrons. The Labute approximate surface area is 121 Å². The largest absolute Gasteiger partial charge is 0.399 e. The Morgan fingerprint density at radius 1 is 1.33 bits per heavy atom. The van der Waals surface area contributed by atoms with Crippen LogP contribution in [0.15, 0.2) is 23.1 Å². The molecule has 0 radical (unpaired) electrons. The van der Waals surface area contributed by atoms with Crippen molar-refractivity contribution in [2.45, 2.75) is 24.2 Å². The Hall–Kier alpha value is -2.20. The van der Waals surface area contributed by atoms with Gasteiger partial charge in [0.1, 0.15) is 0 Å². The van der Waals surface area contributed by atoms with E-state index in [9.17, 15) is 23.3 Å². The predicted octanol–water partition coefficient (Wildman–Crippen LogP) is 0.111. The van der Waals surface area contributed by atoms with Gasteiger partial charge in [0.15, 0.2) is 4.90 Å². The first-order valence-electron chi connectivity index (χ1n) is 6.06. The van der Waals surface area contributed by atoms with Gasteiger partial charge in [0.25, 0.3) is 5.69 Å². The predicted molar refractivity (Wildman–Crippen MR) is 75.7 cm³/mol. The van der Waals surface area contributed by atoms with Gasteiger partial charge in [-0.1, -0.05) is 0 Å². The molecular formula is C11H16N4O5S. The highest BCUT2D eigenvalue weighted by molar-refractivity contribution is 7.89. The third-order valence-corrected chi connectivity index (χ3v) is 4.12. The molecule has 0 aromatic heterocycles. The lowest BCUT2D eigenvalue weighted by Crippen LogP contribution is -2.25. The molecule has 0 fully saturated rings. The normalized spacial score (nSPS) is 11.2. The number of carbonyl (C=O) groups is 1. The van der Waals surface area contributed by atoms with Crippen LogP contribution >= 0.6 is 0 Å². The molecule has 0 aliphatic heterocycles. The number of nitro benzene ring substituents is 1. The number of primary amides is 1. The van der Waals surface area contributed by atoms with E-state index in [0.29, 0.717) is 12.8 Å². The highest BCUT2D eigenvalue weighted by atomic mass is 32.2. The van der Waals surface area contributed by atoms with Crippen molar-refractivity contribution in [1.29, 1.82) is 0 Å². The maximum Gasteiger partial charge on any atom is 0.291 e. The van der Waals surface area contributed by atoms with E-state index >= 15 is 0 Å². The van der Waals surface area contributed by atoms with Crippen LogP contribution < -0.4 is 16.2 Å². The van der Waals surface area contributed by atoms with Crippen LogP contribution in [0.3, 0.4) is 0 Å². The van der Waals surface area contributed by atoms with Gasteiger partial charge in [-0.3, -0.25) is 14.9 Å². The maximum atomic E-state index is 12.0. The summed E-state index contributed by atoms with van der Waals surface area (Å²) in [6.07, 6.45) is 0.983. The number of anilines is 1. The average molecular weight is 316 g/mol. The second-order valence-corrected chi connectivity index (χ2v) is 6.04. The lowest BCUT2D eigenvalue weighted by atomic mass is 10.2. The average Bonchev–Trinajstić information content (AvgIpc) is 2.37. The quantitative estimate of drug-likeness (QED) is 0.267.